The average Bonchev–Trinajstić information content (AvgIpc) is 3.51. The molecule has 0 unspecified atom stereocenters. The van der Waals surface area contributed by atoms with E-state index in [1.54, 1.807) is 12.4 Å². The smallest absolute Gasteiger partial charge is 0.321 e. The number of piperidine rings is 1. The van der Waals surface area contributed by atoms with Gasteiger partial charge in [-0.05, 0) is 50.4 Å². The number of fused-ring (bicyclic) bond motifs is 1. The highest BCUT2D eigenvalue weighted by atomic mass is 16.5. The van der Waals surface area contributed by atoms with Gasteiger partial charge < -0.3 is 19.9 Å². The lowest BCUT2D eigenvalue weighted by Gasteiger charge is -2.61. The van der Waals surface area contributed by atoms with Crippen molar-refractivity contribution in [1.82, 2.24) is 35.2 Å². The Hall–Kier alpha value is -3.81. The Kier molecular flexibility index (Phi) is 4.84. The Morgan fingerprint density at radius 1 is 1.19 bits per heavy atom. The molecule has 3 aromatic rings. The normalized spacial score (nSPS) is 28.6. The summed E-state index contributed by atoms with van der Waals surface area (Å²) >= 11 is 0. The summed E-state index contributed by atoms with van der Waals surface area (Å²) in [5.41, 5.74) is 2.86. The predicted octanol–water partition coefficient (Wildman–Crippen LogP) is 2.35. The van der Waals surface area contributed by atoms with Crippen LogP contribution in [0.25, 0.3) is 11.2 Å². The van der Waals surface area contributed by atoms with Gasteiger partial charge in [0.1, 0.15) is 5.52 Å². The Labute approximate surface area is 207 Å². The van der Waals surface area contributed by atoms with Gasteiger partial charge in [0.2, 0.25) is 11.8 Å². The molecule has 4 saturated carbocycles. The standard InChI is InChI=1S/C25H27N9O2/c26-11-16-7-17(16)13-36-24-31-21(22(35)33-25-8-14(9-25)10-25)30-23(32-24)34-5-1-15(2-6-34)18-12-29-20-19(18)27-3-4-28-20/h3-4,12,14-17H,1-2,5-10,13H2,(H,28,29)(H,33,35)/t14?,16-,17+,25?/m0/s1. The van der Waals surface area contributed by atoms with Gasteiger partial charge in [-0.15, -0.1) is 0 Å². The van der Waals surface area contributed by atoms with Gasteiger partial charge >= 0.3 is 6.01 Å². The van der Waals surface area contributed by atoms with E-state index in [0.717, 1.165) is 68.7 Å². The van der Waals surface area contributed by atoms with Crippen LogP contribution in [0.1, 0.15) is 60.6 Å². The van der Waals surface area contributed by atoms with Crippen molar-refractivity contribution in [3.63, 3.8) is 0 Å². The molecule has 0 radical (unpaired) electrons. The van der Waals surface area contributed by atoms with Crippen molar-refractivity contribution in [2.45, 2.75) is 50.0 Å². The number of hydrogen-bond donors (Lipinski definition) is 2. The number of amides is 1. The predicted molar refractivity (Wildman–Crippen MR) is 128 cm³/mol. The van der Waals surface area contributed by atoms with Crippen molar-refractivity contribution >= 4 is 23.0 Å². The minimum absolute atomic E-state index is 0.0339. The fraction of sp³-hybridized carbons (Fsp3) is 0.560. The lowest BCUT2D eigenvalue weighted by molar-refractivity contribution is -0.0441. The van der Waals surface area contributed by atoms with Crippen LogP contribution in [0.4, 0.5) is 5.95 Å². The van der Waals surface area contributed by atoms with E-state index in [-0.39, 0.29) is 35.1 Å². The molecular weight excluding hydrogens is 458 g/mol. The molecule has 184 valence electrons. The van der Waals surface area contributed by atoms with E-state index in [9.17, 15) is 4.79 Å². The van der Waals surface area contributed by atoms with Crippen molar-refractivity contribution in [2.24, 2.45) is 17.8 Å². The molecule has 4 aliphatic carbocycles. The van der Waals surface area contributed by atoms with E-state index in [0.29, 0.717) is 18.5 Å². The molecule has 5 aliphatic rings. The van der Waals surface area contributed by atoms with E-state index in [4.69, 9.17) is 10.00 Å². The van der Waals surface area contributed by atoms with Crippen LogP contribution in [0, 0.1) is 29.1 Å². The second-order valence-corrected chi connectivity index (χ2v) is 10.8. The van der Waals surface area contributed by atoms with Gasteiger partial charge in [-0.2, -0.15) is 20.2 Å². The number of ether oxygens (including phenoxy) is 1. The molecule has 3 aromatic heterocycles. The van der Waals surface area contributed by atoms with Crippen molar-refractivity contribution in [3.8, 4) is 12.1 Å². The molecule has 8 rings (SSSR count). The molecule has 36 heavy (non-hydrogen) atoms. The number of carbonyl (C=O) groups excluding carboxylic acids is 1. The highest BCUT2D eigenvalue weighted by Crippen LogP contribution is 2.57. The van der Waals surface area contributed by atoms with E-state index in [1.807, 2.05) is 6.20 Å². The summed E-state index contributed by atoms with van der Waals surface area (Å²) in [5.74, 6) is 1.64. The maximum atomic E-state index is 13.0. The van der Waals surface area contributed by atoms with Gasteiger partial charge in [0.15, 0.2) is 5.65 Å². The number of carbonyl (C=O) groups is 1. The zero-order chi connectivity index (χ0) is 24.3. The zero-order valence-corrected chi connectivity index (χ0v) is 19.9. The Balaban J connectivity index is 1.09. The third kappa shape index (κ3) is 3.72. The van der Waals surface area contributed by atoms with Crippen LogP contribution in [0.3, 0.4) is 0 Å². The van der Waals surface area contributed by atoms with Gasteiger partial charge in [0, 0.05) is 48.7 Å². The molecule has 4 heterocycles. The summed E-state index contributed by atoms with van der Waals surface area (Å²) in [6, 6.07) is 2.42. The summed E-state index contributed by atoms with van der Waals surface area (Å²) in [5, 5.41) is 12.2. The van der Waals surface area contributed by atoms with Crippen molar-refractivity contribution in [2.75, 3.05) is 24.6 Å². The fourth-order valence-corrected chi connectivity index (χ4v) is 5.92. The van der Waals surface area contributed by atoms with E-state index < -0.39 is 0 Å². The summed E-state index contributed by atoms with van der Waals surface area (Å²) in [6.07, 6.45) is 11.2. The highest BCUT2D eigenvalue weighted by Gasteiger charge is 2.57. The maximum Gasteiger partial charge on any atom is 0.321 e. The number of nitrogens with one attached hydrogen (secondary N) is 2. The van der Waals surface area contributed by atoms with Gasteiger partial charge in [-0.1, -0.05) is 0 Å². The number of aromatic amines is 1. The first-order valence-electron chi connectivity index (χ1n) is 12.7. The van der Waals surface area contributed by atoms with Crippen molar-refractivity contribution in [3.05, 3.63) is 30.0 Å². The zero-order valence-electron chi connectivity index (χ0n) is 19.9. The lowest BCUT2D eigenvalue weighted by Crippen LogP contribution is -2.68. The number of H-pyrrole nitrogens is 1. The molecular formula is C25H27N9O2. The number of rotatable bonds is 7. The van der Waals surface area contributed by atoms with Crippen molar-refractivity contribution < 1.29 is 9.53 Å². The second-order valence-electron chi connectivity index (χ2n) is 10.8. The van der Waals surface area contributed by atoms with Crippen LogP contribution in [-0.4, -0.2) is 61.0 Å². The molecule has 5 fully saturated rings. The Bertz CT molecular complexity index is 1360. The second kappa shape index (κ2) is 8.11. The van der Waals surface area contributed by atoms with Crippen molar-refractivity contribution in [1.29, 1.82) is 5.26 Å². The Morgan fingerprint density at radius 3 is 2.72 bits per heavy atom. The average molecular weight is 486 g/mol. The van der Waals surface area contributed by atoms with Crippen LogP contribution in [0.15, 0.2) is 18.6 Å². The minimum atomic E-state index is -0.268. The molecule has 2 atom stereocenters. The first-order chi connectivity index (χ1) is 17.6. The topological polar surface area (TPSA) is 146 Å². The lowest BCUT2D eigenvalue weighted by atomic mass is 9.50. The quantitative estimate of drug-likeness (QED) is 0.515. The van der Waals surface area contributed by atoms with E-state index in [2.05, 4.69) is 46.2 Å². The van der Waals surface area contributed by atoms with Gasteiger partial charge in [-0.3, -0.25) is 9.78 Å². The largest absolute Gasteiger partial charge is 0.463 e. The first-order valence-corrected chi connectivity index (χ1v) is 12.7. The molecule has 1 amide bonds. The molecule has 1 saturated heterocycles. The number of nitrogens with zero attached hydrogens (tertiary/aromatic N) is 7. The van der Waals surface area contributed by atoms with Crippen LogP contribution in [0.5, 0.6) is 6.01 Å². The number of hydrogen-bond acceptors (Lipinski definition) is 9. The minimum Gasteiger partial charge on any atom is -0.463 e. The van der Waals surface area contributed by atoms with Crippen LogP contribution in [0.2, 0.25) is 0 Å². The van der Waals surface area contributed by atoms with E-state index in [1.165, 1.54) is 5.56 Å². The third-order valence-electron chi connectivity index (χ3n) is 8.29. The molecule has 1 aliphatic heterocycles. The molecule has 2 bridgehead atoms. The van der Waals surface area contributed by atoms with E-state index >= 15 is 0 Å². The molecule has 0 spiro atoms. The SMILES string of the molecule is N#C[C@@H]1C[C@@H]1COc1nc(C(=O)NC23CC(C2)C3)nc(N2CCC(c3c[nH]c4nccnc34)CC2)n1. The maximum absolute atomic E-state index is 13.0. The number of aromatic nitrogens is 6. The van der Waals surface area contributed by atoms with Gasteiger partial charge in [-0.25, -0.2) is 4.98 Å². The summed E-state index contributed by atoms with van der Waals surface area (Å²) in [7, 11) is 0. The van der Waals surface area contributed by atoms with Crippen LogP contribution < -0.4 is 15.0 Å². The van der Waals surface area contributed by atoms with Gasteiger partial charge in [0.25, 0.3) is 5.91 Å². The summed E-state index contributed by atoms with van der Waals surface area (Å²) < 4.78 is 5.85. The summed E-state index contributed by atoms with van der Waals surface area (Å²) in [6.45, 7) is 1.86. The molecule has 0 aromatic carbocycles. The van der Waals surface area contributed by atoms with Crippen LogP contribution >= 0.6 is 0 Å². The molecule has 11 nitrogen and oxygen atoms in total. The van der Waals surface area contributed by atoms with Gasteiger partial charge in [0.05, 0.1) is 18.6 Å². The number of nitriles is 1. The first kappa shape index (κ1) is 21.5. The Morgan fingerprint density at radius 2 is 2.00 bits per heavy atom. The van der Waals surface area contributed by atoms with Crippen LogP contribution in [-0.2, 0) is 0 Å². The highest BCUT2D eigenvalue weighted by molar-refractivity contribution is 5.91. The molecule has 11 heteroatoms. The molecule has 2 N–H and O–H groups in total. The number of anilines is 1. The fourth-order valence-electron chi connectivity index (χ4n) is 5.92. The third-order valence-corrected chi connectivity index (χ3v) is 8.29. The monoisotopic (exact) mass is 485 g/mol. The summed E-state index contributed by atoms with van der Waals surface area (Å²) in [4.78, 5) is 40.7.